The Morgan fingerprint density at radius 2 is 1.80 bits per heavy atom. The van der Waals surface area contributed by atoms with Crippen LogP contribution >= 0.6 is 12.2 Å². The molecule has 0 amide bonds. The van der Waals surface area contributed by atoms with Crippen LogP contribution in [-0.2, 0) is 13.2 Å². The molecule has 0 saturated carbocycles. The van der Waals surface area contributed by atoms with E-state index in [0.29, 0.717) is 17.4 Å². The molecule has 3 rings (SSSR count). The van der Waals surface area contributed by atoms with Crippen LogP contribution in [-0.4, -0.2) is 43.6 Å². The molecule has 1 aromatic heterocycles. The zero-order valence-corrected chi connectivity index (χ0v) is 15.7. The highest BCUT2D eigenvalue weighted by atomic mass is 32.1. The number of aromatic nitrogens is 4. The Bertz CT molecular complexity index is 759. The second kappa shape index (κ2) is 8.01. The van der Waals surface area contributed by atoms with Crippen molar-refractivity contribution in [2.45, 2.75) is 39.9 Å². The van der Waals surface area contributed by atoms with Crippen LogP contribution in [0.4, 0.5) is 0 Å². The number of hydrogen-bond donors (Lipinski definition) is 0. The largest absolute Gasteiger partial charge is 0.294 e. The average Bonchev–Trinajstić information content (AvgIpc) is 2.95. The second-order valence-electron chi connectivity index (χ2n) is 7.10. The summed E-state index contributed by atoms with van der Waals surface area (Å²) in [6.07, 6.45) is 1.75. The lowest BCUT2D eigenvalue weighted by atomic mass is 9.89. The number of Topliss-reactive ketones (excluding diaryl/α,β-unsaturated/α-hetero) is 1. The summed E-state index contributed by atoms with van der Waals surface area (Å²) in [5.74, 6) is 0.861. The van der Waals surface area contributed by atoms with Gasteiger partial charge in [-0.25, -0.2) is 9.36 Å². The number of benzene rings is 1. The van der Waals surface area contributed by atoms with E-state index in [4.69, 9.17) is 12.2 Å². The molecule has 0 spiro atoms. The first kappa shape index (κ1) is 17.9. The zero-order valence-electron chi connectivity index (χ0n) is 14.8. The summed E-state index contributed by atoms with van der Waals surface area (Å²) in [6.45, 7) is 7.45. The Kier molecular flexibility index (Phi) is 5.75. The molecule has 25 heavy (non-hydrogen) atoms. The maximum atomic E-state index is 12.6. The van der Waals surface area contributed by atoms with E-state index in [1.807, 2.05) is 30.3 Å². The van der Waals surface area contributed by atoms with Gasteiger partial charge in [0.05, 0.1) is 6.67 Å². The summed E-state index contributed by atoms with van der Waals surface area (Å²) in [4.78, 5) is 14.8. The van der Waals surface area contributed by atoms with Crippen LogP contribution in [0.25, 0.3) is 0 Å². The van der Waals surface area contributed by atoms with Crippen LogP contribution in [0.2, 0.25) is 0 Å². The monoisotopic (exact) mass is 359 g/mol. The number of nitrogens with zero attached hydrogens (tertiary/aromatic N) is 5. The van der Waals surface area contributed by atoms with Gasteiger partial charge in [-0.05, 0) is 41.4 Å². The third kappa shape index (κ3) is 4.41. The molecular weight excluding hydrogens is 334 g/mol. The molecular formula is C18H25N5OS. The standard InChI is InChI=1S/C18H25N5OS/c1-14(2)12-22-18(25)23(20-19-22)13-21-10-8-16(9-11-21)17(24)15-6-4-3-5-7-15/h3-7,14,16H,8-13H2,1-2H3. The normalized spacial score (nSPS) is 16.4. The Morgan fingerprint density at radius 3 is 2.44 bits per heavy atom. The van der Waals surface area contributed by atoms with Crippen molar-refractivity contribution < 1.29 is 4.79 Å². The van der Waals surface area contributed by atoms with Crippen molar-refractivity contribution in [2.24, 2.45) is 11.8 Å². The molecule has 7 heteroatoms. The molecule has 1 aromatic carbocycles. The number of carbonyl (C=O) groups is 1. The molecule has 1 aliphatic heterocycles. The summed E-state index contributed by atoms with van der Waals surface area (Å²) < 4.78 is 4.22. The topological polar surface area (TPSA) is 56.0 Å². The van der Waals surface area contributed by atoms with Crippen molar-refractivity contribution in [3.63, 3.8) is 0 Å². The first-order valence-electron chi connectivity index (χ1n) is 8.87. The van der Waals surface area contributed by atoms with E-state index < -0.39 is 0 Å². The van der Waals surface area contributed by atoms with Crippen molar-refractivity contribution in [1.29, 1.82) is 0 Å². The smallest absolute Gasteiger partial charge is 0.217 e. The van der Waals surface area contributed by atoms with E-state index in [2.05, 4.69) is 29.2 Å². The van der Waals surface area contributed by atoms with Gasteiger partial charge in [0.1, 0.15) is 0 Å². The number of rotatable bonds is 6. The van der Waals surface area contributed by atoms with Gasteiger partial charge in [-0.3, -0.25) is 9.69 Å². The fourth-order valence-electron chi connectivity index (χ4n) is 3.22. The minimum atomic E-state index is 0.114. The number of tetrazole rings is 1. The number of piperidine rings is 1. The van der Waals surface area contributed by atoms with Gasteiger partial charge >= 0.3 is 0 Å². The Hall–Kier alpha value is -1.86. The molecule has 1 saturated heterocycles. The molecule has 0 N–H and O–H groups in total. The maximum Gasteiger partial charge on any atom is 0.217 e. The SMILES string of the molecule is CC(C)Cn1nnn(CN2CCC(C(=O)c3ccccc3)CC2)c1=S. The van der Waals surface area contributed by atoms with Gasteiger partial charge < -0.3 is 0 Å². The van der Waals surface area contributed by atoms with Crippen molar-refractivity contribution >= 4 is 18.0 Å². The summed E-state index contributed by atoms with van der Waals surface area (Å²) in [6, 6.07) is 9.59. The van der Waals surface area contributed by atoms with Gasteiger partial charge in [0.15, 0.2) is 5.78 Å². The molecule has 2 aromatic rings. The lowest BCUT2D eigenvalue weighted by molar-refractivity contribution is 0.0802. The van der Waals surface area contributed by atoms with Gasteiger partial charge in [-0.1, -0.05) is 44.2 Å². The number of ketones is 1. The fourth-order valence-corrected chi connectivity index (χ4v) is 3.43. The summed E-state index contributed by atoms with van der Waals surface area (Å²) in [5, 5.41) is 8.33. The highest BCUT2D eigenvalue weighted by Gasteiger charge is 2.26. The average molecular weight is 359 g/mol. The molecule has 134 valence electrons. The highest BCUT2D eigenvalue weighted by Crippen LogP contribution is 2.22. The van der Waals surface area contributed by atoms with Crippen LogP contribution in [0, 0.1) is 16.6 Å². The molecule has 1 fully saturated rings. The van der Waals surface area contributed by atoms with Crippen molar-refractivity contribution in [3.8, 4) is 0 Å². The van der Waals surface area contributed by atoms with Gasteiger partial charge in [-0.2, -0.15) is 0 Å². The first-order valence-corrected chi connectivity index (χ1v) is 9.27. The first-order chi connectivity index (χ1) is 12.0. The number of carbonyl (C=O) groups excluding carboxylic acids is 1. The molecule has 0 bridgehead atoms. The van der Waals surface area contributed by atoms with E-state index >= 15 is 0 Å². The molecule has 0 atom stereocenters. The summed E-state index contributed by atoms with van der Waals surface area (Å²) in [5.41, 5.74) is 0.819. The van der Waals surface area contributed by atoms with E-state index in [1.165, 1.54) is 0 Å². The van der Waals surface area contributed by atoms with E-state index in [-0.39, 0.29) is 11.7 Å². The van der Waals surface area contributed by atoms with E-state index in [0.717, 1.165) is 38.0 Å². The third-order valence-corrected chi connectivity index (χ3v) is 5.01. The van der Waals surface area contributed by atoms with Crippen LogP contribution in [0.1, 0.15) is 37.0 Å². The maximum absolute atomic E-state index is 12.6. The Labute approximate surface area is 153 Å². The molecule has 0 unspecified atom stereocenters. The van der Waals surface area contributed by atoms with Gasteiger partial charge in [0.2, 0.25) is 4.77 Å². The summed E-state index contributed by atoms with van der Waals surface area (Å²) in [7, 11) is 0. The van der Waals surface area contributed by atoms with Crippen molar-refractivity contribution in [3.05, 3.63) is 40.7 Å². The van der Waals surface area contributed by atoms with Crippen molar-refractivity contribution in [2.75, 3.05) is 13.1 Å². The molecule has 0 radical (unpaired) electrons. The quantitative estimate of drug-likeness (QED) is 0.586. The molecule has 6 nitrogen and oxygen atoms in total. The Morgan fingerprint density at radius 1 is 1.16 bits per heavy atom. The van der Waals surface area contributed by atoms with Crippen LogP contribution in [0.5, 0.6) is 0 Å². The van der Waals surface area contributed by atoms with Gasteiger partial charge in [-0.15, -0.1) is 0 Å². The molecule has 1 aliphatic rings. The van der Waals surface area contributed by atoms with Gasteiger partial charge in [0, 0.05) is 31.1 Å². The Balaban J connectivity index is 1.56. The molecule has 2 heterocycles. The van der Waals surface area contributed by atoms with E-state index in [1.54, 1.807) is 9.36 Å². The van der Waals surface area contributed by atoms with Crippen molar-refractivity contribution in [1.82, 2.24) is 24.7 Å². The zero-order chi connectivity index (χ0) is 17.8. The fraction of sp³-hybridized carbons (Fsp3) is 0.556. The van der Waals surface area contributed by atoms with Gasteiger partial charge in [0.25, 0.3) is 0 Å². The highest BCUT2D eigenvalue weighted by molar-refractivity contribution is 7.71. The molecule has 0 aliphatic carbocycles. The number of hydrogen-bond acceptors (Lipinski definition) is 5. The predicted molar refractivity (Wildman–Crippen MR) is 98.8 cm³/mol. The number of likely N-dealkylation sites (tertiary alicyclic amines) is 1. The minimum Gasteiger partial charge on any atom is -0.294 e. The predicted octanol–water partition coefficient (Wildman–Crippen LogP) is 3.02. The third-order valence-electron chi connectivity index (χ3n) is 4.59. The minimum absolute atomic E-state index is 0.114. The van der Waals surface area contributed by atoms with Crippen LogP contribution in [0.15, 0.2) is 30.3 Å². The van der Waals surface area contributed by atoms with E-state index in [9.17, 15) is 4.79 Å². The van der Waals surface area contributed by atoms with Crippen LogP contribution < -0.4 is 0 Å². The van der Waals surface area contributed by atoms with Crippen LogP contribution in [0.3, 0.4) is 0 Å². The second-order valence-corrected chi connectivity index (χ2v) is 7.47. The summed E-state index contributed by atoms with van der Waals surface area (Å²) >= 11 is 5.46. The lowest BCUT2D eigenvalue weighted by Gasteiger charge is -2.30. The lowest BCUT2D eigenvalue weighted by Crippen LogP contribution is -2.37.